The molecular weight excluding hydrogens is 743 g/mol. The van der Waals surface area contributed by atoms with Gasteiger partial charge in [-0.15, -0.1) is 0 Å². The highest BCUT2D eigenvalue weighted by molar-refractivity contribution is 6.13. The summed E-state index contributed by atoms with van der Waals surface area (Å²) in [5, 5.41) is 0. The van der Waals surface area contributed by atoms with Crippen LogP contribution in [0.25, 0.3) is 55.6 Å². The Morgan fingerprint density at radius 2 is 0.787 bits per heavy atom. The number of Topliss-reactive ketones (excluding diaryl/α,β-unsaturated/α-hetero) is 2. The first-order chi connectivity index (χ1) is 30.0. The van der Waals surface area contributed by atoms with E-state index in [0.717, 1.165) is 90.0 Å². The van der Waals surface area contributed by atoms with Crippen LogP contribution >= 0.6 is 0 Å². The number of benzene rings is 8. The lowest BCUT2D eigenvalue weighted by molar-refractivity contribution is -0.472. The van der Waals surface area contributed by atoms with Crippen LogP contribution in [0.4, 0.5) is 0 Å². The first-order valence-electron chi connectivity index (χ1n) is 21.1. The third-order valence-electron chi connectivity index (χ3n) is 12.4. The van der Waals surface area contributed by atoms with Crippen molar-refractivity contribution in [3.05, 3.63) is 239 Å². The number of rotatable bonds is 9. The molecule has 3 nitrogen and oxygen atoms in total. The molecule has 0 amide bonds. The van der Waals surface area contributed by atoms with Gasteiger partial charge >= 0.3 is 0 Å². The minimum Gasteiger partial charge on any atom is -0.295 e. The lowest BCUT2D eigenvalue weighted by atomic mass is 9.81. The van der Waals surface area contributed by atoms with Crippen LogP contribution in [0.1, 0.15) is 47.6 Å². The highest BCUT2D eigenvalue weighted by Gasteiger charge is 2.43. The maximum atomic E-state index is 14.9. The average molecular weight is 787 g/mol. The molecule has 0 radical (unpaired) electrons. The molecule has 0 aromatic heterocycles. The second-order valence-corrected chi connectivity index (χ2v) is 16.0. The lowest BCUT2D eigenvalue weighted by Crippen LogP contribution is -2.34. The molecule has 292 valence electrons. The zero-order valence-electron chi connectivity index (χ0n) is 34.3. The molecule has 1 aliphatic heterocycles. The van der Waals surface area contributed by atoms with Crippen LogP contribution in [0.3, 0.4) is 0 Å². The largest absolute Gasteiger partial charge is 0.295 e. The summed E-state index contributed by atoms with van der Waals surface area (Å²) in [6.07, 6.45) is 0.740. The predicted octanol–water partition coefficient (Wildman–Crippen LogP) is 13.0. The number of hydrogen-bond acceptors (Lipinski definition) is 2. The van der Waals surface area contributed by atoms with Gasteiger partial charge in [0.25, 0.3) is 5.70 Å². The summed E-state index contributed by atoms with van der Waals surface area (Å²) in [6.45, 7) is 3.83. The van der Waals surface area contributed by atoms with Crippen LogP contribution in [0.5, 0.6) is 0 Å². The molecule has 0 saturated carbocycles. The quantitative estimate of drug-likeness (QED) is 0.108. The molecule has 1 aliphatic carbocycles. The van der Waals surface area contributed by atoms with Gasteiger partial charge in [-0.1, -0.05) is 158 Å². The van der Waals surface area contributed by atoms with Gasteiger partial charge in [0.05, 0.1) is 11.1 Å². The van der Waals surface area contributed by atoms with Gasteiger partial charge in [-0.3, -0.25) is 9.59 Å². The van der Waals surface area contributed by atoms with Gasteiger partial charge in [0.2, 0.25) is 11.5 Å². The highest BCUT2D eigenvalue weighted by atomic mass is 16.1. The fraction of sp³-hybridized carbons (Fsp3) is 0.0862. The molecule has 3 heteroatoms. The Labute approximate surface area is 357 Å². The Hall–Kier alpha value is -7.49. The molecular formula is C58H44NO2+. The zero-order chi connectivity index (χ0) is 41.5. The van der Waals surface area contributed by atoms with Crippen LogP contribution in [-0.4, -0.2) is 28.4 Å². The minimum atomic E-state index is -0.532. The van der Waals surface area contributed by atoms with Crippen molar-refractivity contribution in [3.8, 4) is 55.6 Å². The van der Waals surface area contributed by atoms with E-state index in [4.69, 9.17) is 0 Å². The average Bonchev–Trinajstić information content (AvgIpc) is 3.62. The summed E-state index contributed by atoms with van der Waals surface area (Å²) in [5.74, 6) is -0.793. The number of fused-ring (bicyclic) bond motifs is 4. The van der Waals surface area contributed by atoms with E-state index in [0.29, 0.717) is 17.8 Å². The third kappa shape index (κ3) is 6.79. The van der Waals surface area contributed by atoms with Crippen molar-refractivity contribution in [2.45, 2.75) is 26.2 Å². The Balaban J connectivity index is 1.35. The van der Waals surface area contributed by atoms with Crippen molar-refractivity contribution in [3.63, 3.8) is 0 Å². The van der Waals surface area contributed by atoms with Crippen molar-refractivity contribution < 1.29 is 14.2 Å². The molecule has 61 heavy (non-hydrogen) atoms. The second-order valence-electron chi connectivity index (χ2n) is 16.0. The van der Waals surface area contributed by atoms with Crippen LogP contribution in [0.15, 0.2) is 211 Å². The van der Waals surface area contributed by atoms with E-state index in [9.17, 15) is 9.59 Å². The standard InChI is InChI=1S/C58H44NO2/c1-38(60)55(57(39(2)61)59-33-32-44-28-18-19-31-46(44)58(59)45-29-16-7-17-30-45)56-53-36-49(42-24-12-5-13-25-42)47(40-20-8-3-9-21-40)34-51(53)52-35-48(41-22-10-4-11-23-41)50(37-54(52)56)43-26-14-6-15-27-43/h3-31,34-37,56H,32-33H2,1-2H3/q+1/b57-55+. The van der Waals surface area contributed by atoms with Crippen molar-refractivity contribution in [1.29, 1.82) is 0 Å². The molecule has 10 rings (SSSR count). The molecule has 0 atom stereocenters. The summed E-state index contributed by atoms with van der Waals surface area (Å²) in [6, 6.07) is 70.1. The minimum absolute atomic E-state index is 0.123. The van der Waals surface area contributed by atoms with Gasteiger partial charge in [0, 0.05) is 24.8 Å². The van der Waals surface area contributed by atoms with Gasteiger partial charge in [0.15, 0.2) is 12.3 Å². The zero-order valence-corrected chi connectivity index (χ0v) is 34.3. The number of hydrogen-bond donors (Lipinski definition) is 0. The van der Waals surface area contributed by atoms with Gasteiger partial charge in [0.1, 0.15) is 0 Å². The van der Waals surface area contributed by atoms with E-state index in [1.54, 1.807) is 13.8 Å². The maximum Gasteiger partial charge on any atom is 0.256 e. The Kier molecular flexibility index (Phi) is 9.86. The highest BCUT2D eigenvalue weighted by Crippen LogP contribution is 2.55. The molecule has 0 unspecified atom stereocenters. The first-order valence-corrected chi connectivity index (χ1v) is 21.1. The molecule has 0 bridgehead atoms. The molecule has 1 heterocycles. The lowest BCUT2D eigenvalue weighted by Gasteiger charge is -2.24. The number of carbonyl (C=O) groups is 2. The van der Waals surface area contributed by atoms with E-state index >= 15 is 0 Å². The van der Waals surface area contributed by atoms with Crippen LogP contribution in [-0.2, 0) is 16.0 Å². The topological polar surface area (TPSA) is 37.1 Å². The molecule has 0 N–H and O–H groups in total. The fourth-order valence-electron chi connectivity index (χ4n) is 9.70. The Morgan fingerprint density at radius 3 is 1.20 bits per heavy atom. The number of ketones is 2. The molecule has 0 fully saturated rings. The summed E-state index contributed by atoms with van der Waals surface area (Å²) in [5.41, 5.74) is 18.1. The monoisotopic (exact) mass is 786 g/mol. The summed E-state index contributed by atoms with van der Waals surface area (Å²) in [7, 11) is 0. The van der Waals surface area contributed by atoms with Crippen molar-refractivity contribution in [2.24, 2.45) is 0 Å². The van der Waals surface area contributed by atoms with E-state index in [1.165, 1.54) is 5.56 Å². The first kappa shape index (κ1) is 37.8. The number of nitrogens with zero attached hydrogens (tertiary/aromatic N) is 1. The van der Waals surface area contributed by atoms with Gasteiger partial charge in [-0.05, 0) is 122 Å². The molecule has 2 aliphatic rings. The molecule has 8 aromatic rings. The van der Waals surface area contributed by atoms with E-state index in [1.807, 2.05) is 30.3 Å². The van der Waals surface area contributed by atoms with E-state index in [-0.39, 0.29) is 11.6 Å². The molecule has 0 saturated heterocycles. The summed E-state index contributed by atoms with van der Waals surface area (Å²) >= 11 is 0. The SMILES string of the molecule is CC(=O)/C(=C(/C(C)=O)[N+]1=C(c2ccccc2)c2ccccc2CC1)C1c2cc(-c3ccccc3)c(-c3ccccc3)cc2-c2cc(-c3ccccc3)c(-c3ccccc3)cc21. The maximum absolute atomic E-state index is 14.9. The number of allylic oxidation sites excluding steroid dienone is 2. The van der Waals surface area contributed by atoms with Crippen LogP contribution in [0.2, 0.25) is 0 Å². The van der Waals surface area contributed by atoms with Crippen LogP contribution in [0, 0.1) is 0 Å². The van der Waals surface area contributed by atoms with Crippen molar-refractivity contribution in [1.82, 2.24) is 0 Å². The fourth-order valence-corrected chi connectivity index (χ4v) is 9.70. The molecule has 0 spiro atoms. The van der Waals surface area contributed by atoms with E-state index < -0.39 is 5.92 Å². The smallest absolute Gasteiger partial charge is 0.256 e. The van der Waals surface area contributed by atoms with Crippen molar-refractivity contribution >= 4 is 17.3 Å². The normalized spacial score (nSPS) is 13.5. The van der Waals surface area contributed by atoms with Gasteiger partial charge < -0.3 is 0 Å². The van der Waals surface area contributed by atoms with Gasteiger partial charge in [-0.25, -0.2) is 0 Å². The Bertz CT molecular complexity index is 2910. The Morgan fingerprint density at radius 1 is 0.410 bits per heavy atom. The predicted molar refractivity (Wildman–Crippen MR) is 249 cm³/mol. The van der Waals surface area contributed by atoms with Crippen molar-refractivity contribution in [2.75, 3.05) is 6.54 Å². The van der Waals surface area contributed by atoms with E-state index in [2.05, 4.69) is 174 Å². The van der Waals surface area contributed by atoms with Gasteiger partial charge in [-0.2, -0.15) is 4.58 Å². The summed E-state index contributed by atoms with van der Waals surface area (Å²) in [4.78, 5) is 29.5. The second kappa shape index (κ2) is 15.9. The third-order valence-corrected chi connectivity index (χ3v) is 12.4. The van der Waals surface area contributed by atoms with Crippen LogP contribution < -0.4 is 0 Å². The summed E-state index contributed by atoms with van der Waals surface area (Å²) < 4.78 is 2.15. The number of carbonyl (C=O) groups excluding carboxylic acids is 2. The molecule has 8 aromatic carbocycles.